The molecular weight excluding hydrogens is 521 g/mol. The van der Waals surface area contributed by atoms with Crippen LogP contribution in [-0.2, 0) is 40.1 Å². The molecule has 0 aromatic carbocycles. The maximum atomic E-state index is 7.31. The summed E-state index contributed by atoms with van der Waals surface area (Å²) < 4.78 is 55.7. The van der Waals surface area contributed by atoms with Gasteiger partial charge in [-0.1, -0.05) is 27.7 Å². The Morgan fingerprint density at radius 3 is 0.800 bits per heavy atom. The van der Waals surface area contributed by atoms with Crippen molar-refractivity contribution in [2.24, 2.45) is 0 Å². The quantitative estimate of drug-likeness (QED) is 0.151. The Kier molecular flexibility index (Phi) is 19.0. The minimum Gasteiger partial charge on any atom is -0.415 e. The summed E-state index contributed by atoms with van der Waals surface area (Å²) in [6.07, 6.45) is 0. The van der Waals surface area contributed by atoms with Gasteiger partial charge in [-0.25, -0.2) is 0 Å². The maximum absolute atomic E-state index is 7.31. The Labute approximate surface area is 219 Å². The smallest absolute Gasteiger partial charge is 0.331 e. The van der Waals surface area contributed by atoms with Crippen LogP contribution in [-0.4, -0.2) is 103 Å². The van der Waals surface area contributed by atoms with Crippen molar-refractivity contribution in [2.45, 2.75) is 76.0 Å². The summed E-state index contributed by atoms with van der Waals surface area (Å²) in [5.41, 5.74) is 0. The molecule has 35 heavy (non-hydrogen) atoms. The van der Waals surface area contributed by atoms with Gasteiger partial charge in [0.05, 0.1) is 0 Å². The predicted molar refractivity (Wildman–Crippen MR) is 149 cm³/mol. The minimum atomic E-state index is -2.81. The second-order valence-corrected chi connectivity index (χ2v) is 24.1. The van der Waals surface area contributed by atoms with Gasteiger partial charge in [-0.2, -0.15) is 0 Å². The van der Waals surface area contributed by atoms with E-state index < -0.39 is 34.2 Å². The van der Waals surface area contributed by atoms with Gasteiger partial charge in [-0.15, -0.1) is 0 Å². The fraction of sp³-hybridized carbons (Fsp3) is 1.00. The van der Waals surface area contributed by atoms with Crippen LogP contribution in [0, 0.1) is 0 Å². The molecule has 0 radical (unpaired) electrons. The first-order chi connectivity index (χ1) is 16.7. The topological polar surface area (TPSA) is 83.1 Å². The second-order valence-electron chi connectivity index (χ2n) is 8.74. The van der Waals surface area contributed by atoms with E-state index in [1.807, 2.05) is 0 Å². The van der Waals surface area contributed by atoms with E-state index in [9.17, 15) is 0 Å². The molecule has 0 amide bonds. The lowest BCUT2D eigenvalue weighted by Crippen LogP contribution is -2.64. The zero-order valence-electron chi connectivity index (χ0n) is 24.2. The number of rotatable bonds is 24. The van der Waals surface area contributed by atoms with Crippen LogP contribution in [0.1, 0.15) is 27.7 Å². The van der Waals surface area contributed by atoms with Gasteiger partial charge in [0.1, 0.15) is 0 Å². The highest BCUT2D eigenvalue weighted by atomic mass is 28.5. The van der Waals surface area contributed by atoms with Gasteiger partial charge in [-0.05, 0) is 24.2 Å². The van der Waals surface area contributed by atoms with Crippen LogP contribution < -0.4 is 0 Å². The van der Waals surface area contributed by atoms with Gasteiger partial charge in [-0.3, -0.25) is 0 Å². The summed E-state index contributed by atoms with van der Waals surface area (Å²) in [7, 11) is -0.357. The Bertz CT molecular complexity index is 483. The lowest BCUT2D eigenvalue weighted by atomic mass is 10.9. The van der Waals surface area contributed by atoms with Crippen LogP contribution in [0.25, 0.3) is 0 Å². The zero-order chi connectivity index (χ0) is 26.8. The lowest BCUT2D eigenvalue weighted by Gasteiger charge is -2.47. The standard InChI is InChI=1S/C22H54O9Si4/c1-11-32(27-9,19-15-23-5)29-34(13-3,21-17-25-7)31-35(14-4,22-18-26-8)30-33(12-2,28-10)20-16-24-6/h11-22H2,1-10H3. The third kappa shape index (κ3) is 11.4. The summed E-state index contributed by atoms with van der Waals surface area (Å²) in [6.45, 7) is 10.9. The first-order valence-electron chi connectivity index (χ1n) is 12.9. The summed E-state index contributed by atoms with van der Waals surface area (Å²) in [5, 5.41) is 0. The van der Waals surface area contributed by atoms with E-state index in [4.69, 9.17) is 40.1 Å². The van der Waals surface area contributed by atoms with E-state index in [1.54, 1.807) is 42.7 Å². The Hall–Kier alpha value is 0.508. The molecule has 0 saturated heterocycles. The van der Waals surface area contributed by atoms with Crippen LogP contribution in [0.4, 0.5) is 0 Å². The van der Waals surface area contributed by atoms with Gasteiger partial charge < -0.3 is 40.1 Å². The Balaban J connectivity index is 6.48. The fourth-order valence-electron chi connectivity index (χ4n) is 4.11. The molecule has 0 heterocycles. The third-order valence-corrected chi connectivity index (χ3v) is 25.4. The number of hydrogen-bond donors (Lipinski definition) is 0. The minimum absolute atomic E-state index is 0.561. The molecule has 0 aromatic rings. The van der Waals surface area contributed by atoms with Crippen molar-refractivity contribution in [3.8, 4) is 0 Å². The molecular formula is C22H54O9Si4. The normalized spacial score (nSPS) is 19.0. The molecule has 0 N–H and O–H groups in total. The Morgan fingerprint density at radius 2 is 0.600 bits per heavy atom. The molecule has 0 aliphatic rings. The molecule has 0 fully saturated rings. The van der Waals surface area contributed by atoms with Crippen LogP contribution in [0.2, 0.25) is 48.4 Å². The average Bonchev–Trinajstić information content (AvgIpc) is 2.90. The maximum Gasteiger partial charge on any atom is 0.331 e. The molecule has 9 nitrogen and oxygen atoms in total. The summed E-state index contributed by atoms with van der Waals surface area (Å²) in [6, 6.07) is 6.11. The molecule has 0 rings (SSSR count). The van der Waals surface area contributed by atoms with Gasteiger partial charge in [0, 0.05) is 93.3 Å². The van der Waals surface area contributed by atoms with E-state index in [0.29, 0.717) is 38.5 Å². The Morgan fingerprint density at radius 1 is 0.371 bits per heavy atom. The van der Waals surface area contributed by atoms with E-state index >= 15 is 0 Å². The summed E-state index contributed by atoms with van der Waals surface area (Å²) >= 11 is 0. The molecule has 0 saturated carbocycles. The molecule has 4 unspecified atom stereocenters. The molecule has 212 valence electrons. The van der Waals surface area contributed by atoms with Crippen LogP contribution in [0.5, 0.6) is 0 Å². The largest absolute Gasteiger partial charge is 0.415 e. The van der Waals surface area contributed by atoms with E-state index in [2.05, 4.69) is 27.7 Å². The van der Waals surface area contributed by atoms with Crippen LogP contribution >= 0.6 is 0 Å². The average molecular weight is 575 g/mol. The SMILES string of the molecule is CC[Si](CCOC)(OC)O[Si](CC)(CCOC)O[Si](CC)(CCOC)O[Si](CC)(CCOC)OC. The fourth-order valence-corrected chi connectivity index (χ4v) is 24.4. The van der Waals surface area contributed by atoms with Crippen molar-refractivity contribution in [1.82, 2.24) is 0 Å². The summed E-state index contributed by atoms with van der Waals surface area (Å²) in [4.78, 5) is 0. The van der Waals surface area contributed by atoms with E-state index in [-0.39, 0.29) is 0 Å². The van der Waals surface area contributed by atoms with Gasteiger partial charge in [0.25, 0.3) is 0 Å². The number of methoxy groups -OCH3 is 4. The monoisotopic (exact) mass is 574 g/mol. The first-order valence-corrected chi connectivity index (χ1v) is 21.8. The highest BCUT2D eigenvalue weighted by Gasteiger charge is 2.54. The van der Waals surface area contributed by atoms with E-state index in [1.165, 1.54) is 0 Å². The highest BCUT2D eigenvalue weighted by molar-refractivity contribution is 6.90. The predicted octanol–water partition coefficient (Wildman–Crippen LogP) is 4.76. The van der Waals surface area contributed by atoms with E-state index in [0.717, 1.165) is 36.3 Å². The van der Waals surface area contributed by atoms with Crippen molar-refractivity contribution in [3.63, 3.8) is 0 Å². The number of ether oxygens (including phenoxy) is 4. The molecule has 0 aromatic heterocycles. The lowest BCUT2D eigenvalue weighted by molar-refractivity contribution is 0.168. The van der Waals surface area contributed by atoms with Crippen LogP contribution in [0.3, 0.4) is 0 Å². The molecule has 13 heteroatoms. The van der Waals surface area contributed by atoms with Gasteiger partial charge in [0.2, 0.25) is 0 Å². The second kappa shape index (κ2) is 18.7. The van der Waals surface area contributed by atoms with Crippen molar-refractivity contribution >= 4 is 34.2 Å². The highest BCUT2D eigenvalue weighted by Crippen LogP contribution is 2.37. The van der Waals surface area contributed by atoms with Gasteiger partial charge in [0.15, 0.2) is 0 Å². The molecule has 0 spiro atoms. The van der Waals surface area contributed by atoms with Crippen molar-refractivity contribution < 1.29 is 40.1 Å². The molecule has 0 aliphatic carbocycles. The molecule has 0 aliphatic heterocycles. The third-order valence-electron chi connectivity index (χ3n) is 6.76. The first kappa shape index (κ1) is 35.5. The number of hydrogen-bond acceptors (Lipinski definition) is 9. The van der Waals surface area contributed by atoms with Crippen molar-refractivity contribution in [1.29, 1.82) is 0 Å². The molecule has 4 atom stereocenters. The van der Waals surface area contributed by atoms with Crippen molar-refractivity contribution in [3.05, 3.63) is 0 Å². The zero-order valence-corrected chi connectivity index (χ0v) is 28.2. The molecule has 0 bridgehead atoms. The van der Waals surface area contributed by atoms with Crippen LogP contribution in [0.15, 0.2) is 0 Å². The van der Waals surface area contributed by atoms with Crippen molar-refractivity contribution in [2.75, 3.05) is 69.1 Å². The van der Waals surface area contributed by atoms with Gasteiger partial charge >= 0.3 is 34.2 Å². The summed E-state index contributed by atoms with van der Waals surface area (Å²) in [5.74, 6) is 0.